The molecule has 1 N–H and O–H groups in total. The van der Waals surface area contributed by atoms with Crippen molar-refractivity contribution >= 4 is 5.91 Å². The number of benzene rings is 1. The lowest BCUT2D eigenvalue weighted by Crippen LogP contribution is -2.22. The molecule has 0 fully saturated rings. The Labute approximate surface area is 157 Å². The molecule has 7 heteroatoms. The van der Waals surface area contributed by atoms with E-state index >= 15 is 0 Å². The Balaban J connectivity index is 1.49. The Bertz CT molecular complexity index is 867. The van der Waals surface area contributed by atoms with E-state index < -0.39 is 0 Å². The number of carbonyl (C=O) groups excluding carboxylic acids is 1. The number of furan rings is 1. The van der Waals surface area contributed by atoms with Crippen LogP contribution < -0.4 is 14.8 Å². The molecular weight excluding hydrogens is 346 g/mol. The van der Waals surface area contributed by atoms with E-state index in [9.17, 15) is 4.79 Å². The summed E-state index contributed by atoms with van der Waals surface area (Å²) in [5.74, 6) is 2.03. The van der Waals surface area contributed by atoms with Gasteiger partial charge < -0.3 is 19.2 Å². The molecule has 0 radical (unpaired) electrons. The van der Waals surface area contributed by atoms with E-state index in [-0.39, 0.29) is 18.3 Å². The molecule has 0 saturated carbocycles. The molecule has 0 spiro atoms. The molecular formula is C20H23N3O4. The van der Waals surface area contributed by atoms with E-state index in [1.807, 2.05) is 55.1 Å². The van der Waals surface area contributed by atoms with Crippen molar-refractivity contribution in [3.8, 4) is 11.5 Å². The van der Waals surface area contributed by atoms with Gasteiger partial charge in [0, 0.05) is 12.7 Å². The molecule has 27 heavy (non-hydrogen) atoms. The van der Waals surface area contributed by atoms with Crippen molar-refractivity contribution < 1.29 is 18.7 Å². The Kier molecular flexibility index (Phi) is 6.14. The van der Waals surface area contributed by atoms with E-state index in [4.69, 9.17) is 13.9 Å². The monoisotopic (exact) mass is 369 g/mol. The predicted molar refractivity (Wildman–Crippen MR) is 99.7 cm³/mol. The Morgan fingerprint density at radius 2 is 1.81 bits per heavy atom. The fourth-order valence-electron chi connectivity index (χ4n) is 2.46. The SMILES string of the molecule is CCOc1ccc(OCc2ccc(C(=O)NCc3ccn(CC)n3)o2)cc1. The Hall–Kier alpha value is -3.22. The molecule has 0 unspecified atom stereocenters. The highest BCUT2D eigenvalue weighted by Crippen LogP contribution is 2.19. The van der Waals surface area contributed by atoms with Gasteiger partial charge in [0.05, 0.1) is 18.8 Å². The molecule has 1 amide bonds. The molecule has 3 rings (SSSR count). The summed E-state index contributed by atoms with van der Waals surface area (Å²) in [6.07, 6.45) is 1.88. The zero-order chi connectivity index (χ0) is 19.1. The molecule has 0 atom stereocenters. The first-order valence-electron chi connectivity index (χ1n) is 8.92. The van der Waals surface area contributed by atoms with Crippen LogP contribution in [0, 0.1) is 0 Å². The van der Waals surface area contributed by atoms with Gasteiger partial charge in [-0.05, 0) is 56.3 Å². The molecule has 1 aromatic carbocycles. The van der Waals surface area contributed by atoms with Crippen LogP contribution in [0.4, 0.5) is 0 Å². The van der Waals surface area contributed by atoms with E-state index in [1.165, 1.54) is 0 Å². The largest absolute Gasteiger partial charge is 0.494 e. The third-order valence-corrected chi connectivity index (χ3v) is 3.85. The van der Waals surface area contributed by atoms with Crippen LogP contribution >= 0.6 is 0 Å². The summed E-state index contributed by atoms with van der Waals surface area (Å²) in [5.41, 5.74) is 0.802. The molecule has 0 bridgehead atoms. The Morgan fingerprint density at radius 3 is 2.48 bits per heavy atom. The fourth-order valence-corrected chi connectivity index (χ4v) is 2.46. The number of carbonyl (C=O) groups is 1. The third kappa shape index (κ3) is 5.13. The number of hydrogen-bond acceptors (Lipinski definition) is 5. The van der Waals surface area contributed by atoms with Crippen molar-refractivity contribution in [2.75, 3.05) is 6.61 Å². The smallest absolute Gasteiger partial charge is 0.287 e. The zero-order valence-corrected chi connectivity index (χ0v) is 15.5. The number of rotatable bonds is 9. The van der Waals surface area contributed by atoms with Crippen LogP contribution in [0.25, 0.3) is 0 Å². The summed E-state index contributed by atoms with van der Waals surface area (Å²) in [5, 5.41) is 7.12. The lowest BCUT2D eigenvalue weighted by molar-refractivity contribution is 0.0918. The minimum absolute atomic E-state index is 0.238. The highest BCUT2D eigenvalue weighted by atomic mass is 16.5. The van der Waals surface area contributed by atoms with Crippen molar-refractivity contribution in [1.82, 2.24) is 15.1 Å². The highest BCUT2D eigenvalue weighted by molar-refractivity contribution is 5.91. The van der Waals surface area contributed by atoms with E-state index in [2.05, 4.69) is 10.4 Å². The van der Waals surface area contributed by atoms with Gasteiger partial charge in [-0.1, -0.05) is 0 Å². The summed E-state index contributed by atoms with van der Waals surface area (Å²) in [6.45, 7) is 5.95. The summed E-state index contributed by atoms with van der Waals surface area (Å²) in [6, 6.07) is 12.6. The number of nitrogens with zero attached hydrogens (tertiary/aromatic N) is 2. The van der Waals surface area contributed by atoms with Crippen LogP contribution in [0.3, 0.4) is 0 Å². The van der Waals surface area contributed by atoms with Crippen LogP contribution in [0.15, 0.2) is 53.1 Å². The quantitative estimate of drug-likeness (QED) is 0.625. The number of hydrogen-bond donors (Lipinski definition) is 1. The highest BCUT2D eigenvalue weighted by Gasteiger charge is 2.12. The fraction of sp³-hybridized carbons (Fsp3) is 0.300. The average molecular weight is 369 g/mol. The van der Waals surface area contributed by atoms with Gasteiger partial charge in [0.15, 0.2) is 5.76 Å². The van der Waals surface area contributed by atoms with Gasteiger partial charge in [0.2, 0.25) is 0 Å². The summed E-state index contributed by atoms with van der Waals surface area (Å²) in [4.78, 5) is 12.2. The van der Waals surface area contributed by atoms with Crippen molar-refractivity contribution in [3.05, 3.63) is 65.9 Å². The van der Waals surface area contributed by atoms with Crippen molar-refractivity contribution in [1.29, 1.82) is 0 Å². The zero-order valence-electron chi connectivity index (χ0n) is 15.5. The van der Waals surface area contributed by atoms with Gasteiger partial charge in [0.25, 0.3) is 5.91 Å². The molecule has 2 aromatic heterocycles. The van der Waals surface area contributed by atoms with Gasteiger partial charge in [-0.2, -0.15) is 5.10 Å². The molecule has 2 heterocycles. The van der Waals surface area contributed by atoms with Crippen LogP contribution in [0.2, 0.25) is 0 Å². The van der Waals surface area contributed by atoms with Gasteiger partial charge in [-0.25, -0.2) is 0 Å². The topological polar surface area (TPSA) is 78.5 Å². The van der Waals surface area contributed by atoms with Crippen LogP contribution in [-0.4, -0.2) is 22.3 Å². The van der Waals surface area contributed by atoms with Gasteiger partial charge >= 0.3 is 0 Å². The number of aryl methyl sites for hydroxylation is 1. The van der Waals surface area contributed by atoms with Crippen LogP contribution in [-0.2, 0) is 19.7 Å². The number of aromatic nitrogens is 2. The first-order valence-corrected chi connectivity index (χ1v) is 8.92. The summed E-state index contributed by atoms with van der Waals surface area (Å²) in [7, 11) is 0. The minimum Gasteiger partial charge on any atom is -0.494 e. The number of ether oxygens (including phenoxy) is 2. The third-order valence-electron chi connectivity index (χ3n) is 3.85. The van der Waals surface area contributed by atoms with Crippen molar-refractivity contribution in [2.24, 2.45) is 0 Å². The maximum atomic E-state index is 12.2. The van der Waals surface area contributed by atoms with E-state index in [0.29, 0.717) is 24.7 Å². The van der Waals surface area contributed by atoms with Crippen molar-refractivity contribution in [3.63, 3.8) is 0 Å². The Morgan fingerprint density at radius 1 is 1.07 bits per heavy atom. The molecule has 3 aromatic rings. The lowest BCUT2D eigenvalue weighted by Gasteiger charge is -2.06. The minimum atomic E-state index is -0.284. The van der Waals surface area contributed by atoms with Gasteiger partial charge in [-0.15, -0.1) is 0 Å². The summed E-state index contributed by atoms with van der Waals surface area (Å²) >= 11 is 0. The second-order valence-electron chi connectivity index (χ2n) is 5.80. The van der Waals surface area contributed by atoms with E-state index in [0.717, 1.165) is 18.0 Å². The number of nitrogens with one attached hydrogen (secondary N) is 1. The molecule has 0 saturated heterocycles. The van der Waals surface area contributed by atoms with Gasteiger partial charge in [-0.3, -0.25) is 9.48 Å². The normalized spacial score (nSPS) is 10.6. The molecule has 0 aliphatic carbocycles. The lowest BCUT2D eigenvalue weighted by atomic mass is 10.3. The van der Waals surface area contributed by atoms with E-state index in [1.54, 1.807) is 12.1 Å². The summed E-state index contributed by atoms with van der Waals surface area (Å²) < 4.78 is 18.4. The number of amides is 1. The molecule has 0 aliphatic heterocycles. The maximum absolute atomic E-state index is 12.2. The molecule has 7 nitrogen and oxygen atoms in total. The van der Waals surface area contributed by atoms with Crippen LogP contribution in [0.5, 0.6) is 11.5 Å². The van der Waals surface area contributed by atoms with Crippen LogP contribution in [0.1, 0.15) is 35.9 Å². The maximum Gasteiger partial charge on any atom is 0.287 e. The second-order valence-corrected chi connectivity index (χ2v) is 5.80. The molecule has 142 valence electrons. The second kappa shape index (κ2) is 8.93. The first-order chi connectivity index (χ1) is 13.2. The average Bonchev–Trinajstić information content (AvgIpc) is 3.35. The van der Waals surface area contributed by atoms with Crippen molar-refractivity contribution in [2.45, 2.75) is 33.5 Å². The molecule has 0 aliphatic rings. The first kappa shape index (κ1) is 18.6. The predicted octanol–water partition coefficient (Wildman–Crippen LogP) is 3.40. The van der Waals surface area contributed by atoms with Gasteiger partial charge in [0.1, 0.15) is 23.9 Å². The standard InChI is InChI=1S/C20H23N3O4/c1-3-23-12-11-15(22-23)13-21-20(24)19-10-9-18(27-19)14-26-17-7-5-16(6-8-17)25-4-2/h5-12H,3-4,13-14H2,1-2H3,(H,21,24).